The highest BCUT2D eigenvalue weighted by Crippen LogP contribution is 2.26. The average Bonchev–Trinajstić information content (AvgIpc) is 3.06. The van der Waals surface area contributed by atoms with Gasteiger partial charge in [0.25, 0.3) is 5.91 Å². The van der Waals surface area contributed by atoms with Crippen molar-refractivity contribution in [2.45, 2.75) is 6.92 Å². The Morgan fingerprint density at radius 1 is 1.08 bits per heavy atom. The Bertz CT molecular complexity index is 962. The molecule has 6 heteroatoms. The third-order valence-electron chi connectivity index (χ3n) is 3.75. The summed E-state index contributed by atoms with van der Waals surface area (Å²) in [4.78, 5) is 23.6. The van der Waals surface area contributed by atoms with Crippen molar-refractivity contribution < 1.29 is 19.1 Å². The molecule has 0 unspecified atom stereocenters. The number of hydrogen-bond acceptors (Lipinski definition) is 3. The maximum absolute atomic E-state index is 12.4. The fraction of sp³-hybridized carbons (Fsp3) is 0.0526. The second-order valence-electron chi connectivity index (χ2n) is 5.41. The Hall–Kier alpha value is -3.05. The molecule has 0 fully saturated rings. The monoisotopic (exact) mass is 355 g/mol. The standard InChI is InChI=1S/C19H14ClNO4/c1-11-14(19(23)24)6-3-7-15(11)21-18(22)17-9-8-16(25-17)12-4-2-5-13(20)10-12/h2-10H,1H3,(H,21,22)(H,23,24). The highest BCUT2D eigenvalue weighted by atomic mass is 35.5. The lowest BCUT2D eigenvalue weighted by atomic mass is 10.1. The Morgan fingerprint density at radius 2 is 1.84 bits per heavy atom. The summed E-state index contributed by atoms with van der Waals surface area (Å²) in [5.74, 6) is -0.868. The molecule has 5 nitrogen and oxygen atoms in total. The molecule has 3 rings (SSSR count). The van der Waals surface area contributed by atoms with Gasteiger partial charge in [-0.15, -0.1) is 0 Å². The molecule has 0 aliphatic heterocycles. The zero-order valence-corrected chi connectivity index (χ0v) is 14.0. The molecule has 0 bridgehead atoms. The van der Waals surface area contributed by atoms with Crippen LogP contribution in [0.5, 0.6) is 0 Å². The third kappa shape index (κ3) is 3.56. The van der Waals surface area contributed by atoms with Gasteiger partial charge in [0, 0.05) is 16.3 Å². The lowest BCUT2D eigenvalue weighted by molar-refractivity contribution is 0.0695. The van der Waals surface area contributed by atoms with Crippen LogP contribution in [0.15, 0.2) is 59.0 Å². The fourth-order valence-corrected chi connectivity index (χ4v) is 2.63. The van der Waals surface area contributed by atoms with E-state index >= 15 is 0 Å². The molecule has 2 aromatic carbocycles. The summed E-state index contributed by atoms with van der Waals surface area (Å²) >= 11 is 5.96. The van der Waals surface area contributed by atoms with E-state index in [0.717, 1.165) is 5.56 Å². The van der Waals surface area contributed by atoms with Gasteiger partial charge in [0.2, 0.25) is 0 Å². The number of amides is 1. The number of nitrogens with one attached hydrogen (secondary N) is 1. The molecule has 0 atom stereocenters. The van der Waals surface area contributed by atoms with Gasteiger partial charge in [-0.2, -0.15) is 0 Å². The molecule has 0 radical (unpaired) electrons. The average molecular weight is 356 g/mol. The number of carboxylic acids is 1. The van der Waals surface area contributed by atoms with Crippen LogP contribution in [0.1, 0.15) is 26.5 Å². The number of aromatic carboxylic acids is 1. The number of carbonyl (C=O) groups excluding carboxylic acids is 1. The van der Waals surface area contributed by atoms with Gasteiger partial charge >= 0.3 is 5.97 Å². The topological polar surface area (TPSA) is 79.5 Å². The van der Waals surface area contributed by atoms with E-state index in [9.17, 15) is 9.59 Å². The van der Waals surface area contributed by atoms with Crippen molar-refractivity contribution in [3.63, 3.8) is 0 Å². The summed E-state index contributed by atoms with van der Waals surface area (Å²) in [7, 11) is 0. The van der Waals surface area contributed by atoms with Crippen molar-refractivity contribution in [2.75, 3.05) is 5.32 Å². The Morgan fingerprint density at radius 3 is 2.56 bits per heavy atom. The molecule has 1 heterocycles. The Labute approximate surface area is 148 Å². The van der Waals surface area contributed by atoms with Crippen LogP contribution in [0, 0.1) is 6.92 Å². The molecule has 25 heavy (non-hydrogen) atoms. The molecule has 0 aliphatic carbocycles. The van der Waals surface area contributed by atoms with E-state index in [2.05, 4.69) is 5.32 Å². The summed E-state index contributed by atoms with van der Waals surface area (Å²) in [5.41, 5.74) is 1.79. The van der Waals surface area contributed by atoms with Gasteiger partial charge in [0.05, 0.1) is 5.56 Å². The van der Waals surface area contributed by atoms with Crippen LogP contribution in [0.2, 0.25) is 5.02 Å². The van der Waals surface area contributed by atoms with Crippen LogP contribution >= 0.6 is 11.6 Å². The molecule has 2 N–H and O–H groups in total. The Kier molecular flexibility index (Phi) is 4.59. The van der Waals surface area contributed by atoms with Crippen LogP contribution in [0.4, 0.5) is 5.69 Å². The van der Waals surface area contributed by atoms with E-state index in [1.54, 1.807) is 49.4 Å². The van der Waals surface area contributed by atoms with Crippen molar-refractivity contribution >= 4 is 29.2 Å². The molecule has 0 saturated carbocycles. The second-order valence-corrected chi connectivity index (χ2v) is 5.85. The van der Waals surface area contributed by atoms with E-state index in [4.69, 9.17) is 21.1 Å². The first-order valence-corrected chi connectivity index (χ1v) is 7.83. The van der Waals surface area contributed by atoms with E-state index in [-0.39, 0.29) is 11.3 Å². The van der Waals surface area contributed by atoms with Crippen LogP contribution in [0.3, 0.4) is 0 Å². The van der Waals surface area contributed by atoms with E-state index in [1.807, 2.05) is 6.07 Å². The first kappa shape index (κ1) is 16.8. The number of rotatable bonds is 4. The molecular formula is C19H14ClNO4. The minimum atomic E-state index is -1.05. The van der Waals surface area contributed by atoms with E-state index in [0.29, 0.717) is 22.0 Å². The van der Waals surface area contributed by atoms with Crippen LogP contribution in [0.25, 0.3) is 11.3 Å². The molecule has 3 aromatic rings. The van der Waals surface area contributed by atoms with Gasteiger partial charge in [-0.3, -0.25) is 4.79 Å². The summed E-state index contributed by atoms with van der Waals surface area (Å²) < 4.78 is 5.59. The first-order chi connectivity index (χ1) is 12.0. The molecule has 0 spiro atoms. The number of benzene rings is 2. The van der Waals surface area contributed by atoms with E-state index < -0.39 is 11.9 Å². The highest BCUT2D eigenvalue weighted by molar-refractivity contribution is 6.30. The summed E-state index contributed by atoms with van der Waals surface area (Å²) in [6.45, 7) is 1.64. The lowest BCUT2D eigenvalue weighted by Crippen LogP contribution is -2.13. The molecule has 126 valence electrons. The largest absolute Gasteiger partial charge is 0.478 e. The maximum Gasteiger partial charge on any atom is 0.336 e. The van der Waals surface area contributed by atoms with Gasteiger partial charge in [0.1, 0.15) is 5.76 Å². The van der Waals surface area contributed by atoms with Crippen LogP contribution < -0.4 is 5.32 Å². The quantitative estimate of drug-likeness (QED) is 0.700. The molecule has 0 aliphatic rings. The van der Waals surface area contributed by atoms with Gasteiger partial charge in [-0.05, 0) is 48.9 Å². The smallest absolute Gasteiger partial charge is 0.336 e. The second kappa shape index (κ2) is 6.83. The van der Waals surface area contributed by atoms with E-state index in [1.165, 1.54) is 6.07 Å². The predicted molar refractivity (Wildman–Crippen MR) is 95.2 cm³/mol. The molecule has 0 saturated heterocycles. The summed E-state index contributed by atoms with van der Waals surface area (Å²) in [5, 5.41) is 12.4. The summed E-state index contributed by atoms with van der Waals surface area (Å²) in [6, 6.07) is 15.0. The van der Waals surface area contributed by atoms with Crippen molar-refractivity contribution in [2.24, 2.45) is 0 Å². The maximum atomic E-state index is 12.4. The number of halogens is 1. The SMILES string of the molecule is Cc1c(NC(=O)c2ccc(-c3cccc(Cl)c3)o2)cccc1C(=O)O. The van der Waals surface area contributed by atoms with Gasteiger partial charge in [-0.25, -0.2) is 4.79 Å². The van der Waals surface area contributed by atoms with Gasteiger partial charge in [-0.1, -0.05) is 29.8 Å². The fourth-order valence-electron chi connectivity index (χ4n) is 2.44. The van der Waals surface area contributed by atoms with Crippen molar-refractivity contribution in [1.29, 1.82) is 0 Å². The number of carbonyl (C=O) groups is 2. The zero-order chi connectivity index (χ0) is 18.0. The zero-order valence-electron chi connectivity index (χ0n) is 13.2. The normalized spacial score (nSPS) is 10.5. The minimum Gasteiger partial charge on any atom is -0.478 e. The predicted octanol–water partition coefficient (Wildman–Crippen LogP) is 4.86. The highest BCUT2D eigenvalue weighted by Gasteiger charge is 2.16. The van der Waals surface area contributed by atoms with Crippen molar-refractivity contribution in [3.8, 4) is 11.3 Å². The van der Waals surface area contributed by atoms with Gasteiger partial charge in [0.15, 0.2) is 5.76 Å². The number of anilines is 1. The first-order valence-electron chi connectivity index (χ1n) is 7.46. The van der Waals surface area contributed by atoms with Crippen molar-refractivity contribution in [3.05, 3.63) is 76.5 Å². The third-order valence-corrected chi connectivity index (χ3v) is 3.99. The number of carboxylic acid groups (broad SMARTS) is 1. The molecular weight excluding hydrogens is 342 g/mol. The van der Waals surface area contributed by atoms with Crippen LogP contribution in [-0.4, -0.2) is 17.0 Å². The minimum absolute atomic E-state index is 0.120. The lowest BCUT2D eigenvalue weighted by Gasteiger charge is -2.09. The Balaban J connectivity index is 1.84. The number of furan rings is 1. The van der Waals surface area contributed by atoms with Crippen molar-refractivity contribution in [1.82, 2.24) is 0 Å². The summed E-state index contributed by atoms with van der Waals surface area (Å²) in [6.07, 6.45) is 0. The molecule has 1 aromatic heterocycles. The molecule has 1 amide bonds. The number of hydrogen-bond donors (Lipinski definition) is 2. The van der Waals surface area contributed by atoms with Gasteiger partial charge < -0.3 is 14.8 Å². The van der Waals surface area contributed by atoms with Crippen LogP contribution in [-0.2, 0) is 0 Å².